The maximum atomic E-state index is 12.4. The Kier molecular flexibility index (Phi) is 3.35. The molecule has 0 saturated carbocycles. The normalized spacial score (nSPS) is 15.4. The van der Waals surface area contributed by atoms with E-state index < -0.39 is 19.0 Å². The summed E-state index contributed by atoms with van der Waals surface area (Å²) < 4.78 is 42.6. The molecule has 0 saturated heterocycles. The fraction of sp³-hybridized carbons (Fsp3) is 0.222. The zero-order valence-electron chi connectivity index (χ0n) is 9.24. The van der Waals surface area contributed by atoms with E-state index >= 15 is 0 Å². The van der Waals surface area contributed by atoms with E-state index in [2.05, 4.69) is 8.75 Å². The van der Waals surface area contributed by atoms with Gasteiger partial charge < -0.3 is 4.42 Å². The van der Waals surface area contributed by atoms with Crippen molar-refractivity contribution in [2.45, 2.75) is 12.1 Å². The molecule has 18 heavy (non-hydrogen) atoms. The first kappa shape index (κ1) is 13.3. The summed E-state index contributed by atoms with van der Waals surface area (Å²) in [6.07, 6.45) is 0. The minimum Gasteiger partial charge on any atom is -0.429 e. The number of para-hydroxylation sites is 2. The molecule has 1 atom stereocenters. The van der Waals surface area contributed by atoms with Gasteiger partial charge in [0, 0.05) is 16.4 Å². The van der Waals surface area contributed by atoms with E-state index in [0.29, 0.717) is 11.1 Å². The van der Waals surface area contributed by atoms with E-state index in [-0.39, 0.29) is 11.0 Å². The van der Waals surface area contributed by atoms with Crippen molar-refractivity contribution in [1.29, 1.82) is 0 Å². The van der Waals surface area contributed by atoms with Gasteiger partial charge in [0.2, 0.25) is 0 Å². The number of aromatic nitrogens is 1. The second-order valence-electron chi connectivity index (χ2n) is 3.36. The van der Waals surface area contributed by atoms with Crippen LogP contribution in [0.3, 0.4) is 0 Å². The lowest BCUT2D eigenvalue weighted by molar-refractivity contribution is 0.475. The largest absolute Gasteiger partial charge is 0.429 e. The summed E-state index contributed by atoms with van der Waals surface area (Å²) in [5, 5.41) is -0.226. The Bertz CT molecular complexity index is 770. The van der Waals surface area contributed by atoms with Gasteiger partial charge in [0.15, 0.2) is 5.58 Å². The fourth-order valence-electron chi connectivity index (χ4n) is 1.34. The Morgan fingerprint density at radius 3 is 2.56 bits per heavy atom. The Labute approximate surface area is 109 Å². The highest BCUT2D eigenvalue weighted by Crippen LogP contribution is 2.22. The van der Waals surface area contributed by atoms with Crippen molar-refractivity contribution in [2.75, 3.05) is 5.75 Å². The molecule has 0 unspecified atom stereocenters. The minimum absolute atomic E-state index is 0.0637. The average Bonchev–Trinajstić information content (AvgIpc) is 2.70. The summed E-state index contributed by atoms with van der Waals surface area (Å²) in [6, 6.07) is 6.75. The molecule has 6 nitrogen and oxygen atoms in total. The first-order valence-corrected chi connectivity index (χ1v) is 8.85. The molecule has 0 bridgehead atoms. The molecule has 0 N–H and O–H groups in total. The predicted octanol–water partition coefficient (Wildman–Crippen LogP) is 2.16. The van der Waals surface area contributed by atoms with Crippen molar-refractivity contribution in [1.82, 2.24) is 4.98 Å². The monoisotopic (exact) mass is 308 g/mol. The van der Waals surface area contributed by atoms with Gasteiger partial charge in [-0.15, -0.1) is 0 Å². The van der Waals surface area contributed by atoms with Gasteiger partial charge in [-0.25, -0.2) is 9.19 Å². The summed E-state index contributed by atoms with van der Waals surface area (Å²) in [5.41, 5.74) is 0.895. The molecule has 0 spiro atoms. The number of fused-ring (bicyclic) bond motifs is 1. The highest BCUT2D eigenvalue weighted by molar-refractivity contribution is 8.17. The minimum atomic E-state index is -4.26. The Hall–Kier alpha value is -1.12. The van der Waals surface area contributed by atoms with Gasteiger partial charge in [-0.1, -0.05) is 22.8 Å². The van der Waals surface area contributed by atoms with Crippen LogP contribution in [0.5, 0.6) is 0 Å². The molecule has 98 valence electrons. The van der Waals surface area contributed by atoms with Crippen LogP contribution in [0.1, 0.15) is 6.92 Å². The van der Waals surface area contributed by atoms with Crippen molar-refractivity contribution in [3.63, 3.8) is 0 Å². The maximum Gasteiger partial charge on any atom is 0.348 e. The predicted molar refractivity (Wildman–Crippen MR) is 68.2 cm³/mol. The number of hydrogen-bond acceptors (Lipinski definition) is 5. The first-order valence-electron chi connectivity index (χ1n) is 4.90. The number of benzene rings is 1. The quantitative estimate of drug-likeness (QED) is 0.810. The van der Waals surface area contributed by atoms with Gasteiger partial charge in [0.05, 0.1) is 0 Å². The van der Waals surface area contributed by atoms with Gasteiger partial charge in [-0.3, -0.25) is 0 Å². The molecule has 0 aliphatic rings. The number of nitrogens with zero attached hydrogens (tertiary/aromatic N) is 2. The molecule has 0 aliphatic carbocycles. The van der Waals surface area contributed by atoms with Crippen LogP contribution in [0.4, 0.5) is 0 Å². The second-order valence-corrected chi connectivity index (χ2v) is 8.16. The summed E-state index contributed by atoms with van der Waals surface area (Å²) in [5.74, 6) is -0.0637. The van der Waals surface area contributed by atoms with Crippen LogP contribution in [-0.4, -0.2) is 23.4 Å². The van der Waals surface area contributed by atoms with Crippen LogP contribution in [-0.2, 0) is 19.0 Å². The zero-order chi connectivity index (χ0) is 13.4. The van der Waals surface area contributed by atoms with Crippen LogP contribution in [0, 0.1) is 0 Å². The number of hydrogen-bond donors (Lipinski definition) is 0. The fourth-order valence-corrected chi connectivity index (χ4v) is 4.69. The third-order valence-electron chi connectivity index (χ3n) is 2.15. The lowest BCUT2D eigenvalue weighted by Gasteiger charge is -1.99. The number of rotatable bonds is 3. The number of halogens is 1. The molecule has 2 rings (SSSR count). The molecular weight excluding hydrogens is 300 g/mol. The summed E-state index contributed by atoms with van der Waals surface area (Å²) >= 11 is 0. The van der Waals surface area contributed by atoms with Crippen molar-refractivity contribution < 1.29 is 17.0 Å². The van der Waals surface area contributed by atoms with E-state index in [1.165, 1.54) is 6.92 Å². The molecule has 0 radical (unpaired) electrons. The summed E-state index contributed by atoms with van der Waals surface area (Å²) in [6.45, 7) is 1.52. The Morgan fingerprint density at radius 1 is 1.33 bits per heavy atom. The third-order valence-corrected chi connectivity index (χ3v) is 5.83. The summed E-state index contributed by atoms with van der Waals surface area (Å²) in [4.78, 5) is 3.98. The van der Waals surface area contributed by atoms with E-state index in [1.807, 2.05) is 0 Å². The Balaban J connectivity index is 2.72. The standard InChI is InChI=1S/C9H9ClN2O4S2/c1-2-17(13,12-18(10,14)15)9-11-7-5-3-4-6-8(7)16-9/h3-6H,2H2,1H3/t17-/m1/s1. The lowest BCUT2D eigenvalue weighted by Crippen LogP contribution is -2.06. The van der Waals surface area contributed by atoms with E-state index in [0.717, 1.165) is 0 Å². The van der Waals surface area contributed by atoms with Crippen molar-refractivity contribution in [3.05, 3.63) is 24.3 Å². The van der Waals surface area contributed by atoms with Crippen molar-refractivity contribution in [3.8, 4) is 0 Å². The van der Waals surface area contributed by atoms with Crippen LogP contribution in [0.25, 0.3) is 11.1 Å². The van der Waals surface area contributed by atoms with Crippen LogP contribution in [0.2, 0.25) is 0 Å². The first-order chi connectivity index (χ1) is 8.34. The van der Waals surface area contributed by atoms with Gasteiger partial charge in [0.25, 0.3) is 5.22 Å². The molecule has 1 aromatic carbocycles. The highest BCUT2D eigenvalue weighted by atomic mass is 35.7. The molecular formula is C9H9ClN2O4S2. The molecule has 9 heteroatoms. The Morgan fingerprint density at radius 2 is 2.00 bits per heavy atom. The zero-order valence-corrected chi connectivity index (χ0v) is 11.6. The number of oxazole rings is 1. The van der Waals surface area contributed by atoms with Crippen LogP contribution >= 0.6 is 10.7 Å². The SMILES string of the molecule is CC[S@](=O)(=NS(=O)(=O)Cl)c1nc2ccccc2o1. The van der Waals surface area contributed by atoms with Gasteiger partial charge in [-0.2, -0.15) is 8.42 Å². The average molecular weight is 309 g/mol. The van der Waals surface area contributed by atoms with Crippen LogP contribution < -0.4 is 0 Å². The van der Waals surface area contributed by atoms with Gasteiger partial charge in [-0.05, 0) is 12.1 Å². The molecule has 1 aromatic heterocycles. The van der Waals surface area contributed by atoms with E-state index in [1.54, 1.807) is 24.3 Å². The van der Waals surface area contributed by atoms with E-state index in [4.69, 9.17) is 15.1 Å². The van der Waals surface area contributed by atoms with Gasteiger partial charge >= 0.3 is 9.24 Å². The van der Waals surface area contributed by atoms with Crippen LogP contribution in [0.15, 0.2) is 37.7 Å². The molecule has 1 heterocycles. The summed E-state index contributed by atoms with van der Waals surface area (Å²) in [7, 11) is -2.55. The third kappa shape index (κ3) is 2.65. The highest BCUT2D eigenvalue weighted by Gasteiger charge is 2.21. The molecule has 0 aliphatic heterocycles. The molecule has 0 fully saturated rings. The second kappa shape index (κ2) is 4.52. The topological polar surface area (TPSA) is 89.6 Å². The molecule has 0 amide bonds. The lowest BCUT2D eigenvalue weighted by atomic mass is 10.3. The van der Waals surface area contributed by atoms with Crippen molar-refractivity contribution >= 4 is 40.7 Å². The maximum absolute atomic E-state index is 12.4. The van der Waals surface area contributed by atoms with E-state index in [9.17, 15) is 12.6 Å². The molecule has 2 aromatic rings. The van der Waals surface area contributed by atoms with Gasteiger partial charge in [0.1, 0.15) is 15.2 Å². The smallest absolute Gasteiger partial charge is 0.348 e. The van der Waals surface area contributed by atoms with Crippen molar-refractivity contribution in [2.24, 2.45) is 3.77 Å².